The van der Waals surface area contributed by atoms with Crippen LogP contribution in [0, 0.1) is 18.7 Å². The lowest BCUT2D eigenvalue weighted by molar-refractivity contribution is -0.0109. The fourth-order valence-corrected chi connectivity index (χ4v) is 4.59. The highest BCUT2D eigenvalue weighted by molar-refractivity contribution is 6.04. The van der Waals surface area contributed by atoms with Crippen LogP contribution < -0.4 is 5.32 Å². The number of halogens is 3. The maximum atomic E-state index is 16.0. The van der Waals surface area contributed by atoms with Gasteiger partial charge in [-0.3, -0.25) is 9.48 Å². The Bertz CT molecular complexity index is 1500. The molecule has 3 aromatic heterocycles. The number of rotatable bonds is 4. The fraction of sp³-hybridized carbons (Fsp3) is 0.370. The van der Waals surface area contributed by atoms with Crippen molar-refractivity contribution in [3.63, 3.8) is 0 Å². The second-order valence-corrected chi connectivity index (χ2v) is 10.4. The van der Waals surface area contributed by atoms with Gasteiger partial charge in [-0.2, -0.15) is 4.39 Å². The van der Waals surface area contributed by atoms with E-state index < -0.39 is 28.9 Å². The minimum atomic E-state index is -1.61. The standard InChI is InChI=1S/C27H28F3N5O2/c1-16-11-21(28)22(32-25(36)19-15-35(26(2,3)4)33-23(19)29)13-18(16)17-12-20(24-31-7-8-34(24)14-17)27(30)5-9-37-10-6-27/h7-8,11-15H,5-6,9-10H2,1-4H3,(H,32,36). The number of benzene rings is 1. The summed E-state index contributed by atoms with van der Waals surface area (Å²) in [6.45, 7) is 7.80. The molecule has 4 aromatic rings. The average Bonchev–Trinajstić information content (AvgIpc) is 3.47. The minimum Gasteiger partial charge on any atom is -0.381 e. The van der Waals surface area contributed by atoms with Crippen molar-refractivity contribution < 1.29 is 22.7 Å². The molecule has 0 atom stereocenters. The van der Waals surface area contributed by atoms with Gasteiger partial charge in [-0.1, -0.05) is 0 Å². The molecule has 0 bridgehead atoms. The van der Waals surface area contributed by atoms with Gasteiger partial charge in [0.25, 0.3) is 5.91 Å². The Hall–Kier alpha value is -3.66. The molecule has 194 valence electrons. The number of amides is 1. The van der Waals surface area contributed by atoms with Crippen LogP contribution in [0.1, 0.15) is 55.1 Å². The van der Waals surface area contributed by atoms with Gasteiger partial charge in [-0.05, 0) is 62.6 Å². The van der Waals surface area contributed by atoms with Crippen molar-refractivity contribution >= 4 is 17.2 Å². The van der Waals surface area contributed by atoms with Crippen LogP contribution in [0.4, 0.5) is 18.9 Å². The zero-order valence-corrected chi connectivity index (χ0v) is 21.1. The van der Waals surface area contributed by atoms with Crippen molar-refractivity contribution in [3.05, 3.63) is 71.4 Å². The molecular formula is C27H28F3N5O2. The SMILES string of the molecule is Cc1cc(F)c(NC(=O)c2cn(C(C)(C)C)nc2F)cc1-c1cc(C2(F)CCOCC2)c2nccn2c1. The summed E-state index contributed by atoms with van der Waals surface area (Å²) in [5.74, 6) is -2.44. The molecule has 5 rings (SSSR count). The Kier molecular flexibility index (Phi) is 6.10. The maximum absolute atomic E-state index is 16.0. The number of pyridine rings is 1. The van der Waals surface area contributed by atoms with Gasteiger partial charge in [0.15, 0.2) is 0 Å². The van der Waals surface area contributed by atoms with E-state index in [0.29, 0.717) is 41.1 Å². The van der Waals surface area contributed by atoms with E-state index >= 15 is 4.39 Å². The topological polar surface area (TPSA) is 73.5 Å². The van der Waals surface area contributed by atoms with E-state index in [0.717, 1.165) is 0 Å². The molecule has 10 heteroatoms. The summed E-state index contributed by atoms with van der Waals surface area (Å²) in [4.78, 5) is 17.2. The Labute approximate surface area is 212 Å². The van der Waals surface area contributed by atoms with E-state index in [1.54, 1.807) is 36.0 Å². The number of anilines is 1. The molecule has 7 nitrogen and oxygen atoms in total. The number of carbonyl (C=O) groups excluding carboxylic acids is 1. The third-order valence-corrected chi connectivity index (χ3v) is 6.73. The van der Waals surface area contributed by atoms with E-state index in [4.69, 9.17) is 4.74 Å². The molecule has 0 radical (unpaired) electrons. The van der Waals surface area contributed by atoms with Gasteiger partial charge in [0.2, 0.25) is 5.95 Å². The zero-order chi connectivity index (χ0) is 26.5. The van der Waals surface area contributed by atoms with Gasteiger partial charge in [0.1, 0.15) is 22.7 Å². The predicted octanol–water partition coefficient (Wildman–Crippen LogP) is 5.77. The molecule has 37 heavy (non-hydrogen) atoms. The van der Waals surface area contributed by atoms with Crippen LogP contribution in [0.3, 0.4) is 0 Å². The monoisotopic (exact) mass is 511 g/mol. The van der Waals surface area contributed by atoms with E-state index in [9.17, 15) is 13.6 Å². The van der Waals surface area contributed by atoms with Crippen molar-refractivity contribution in [2.45, 2.75) is 51.7 Å². The number of nitrogens with zero attached hydrogens (tertiary/aromatic N) is 4. The number of carbonyl (C=O) groups is 1. The summed E-state index contributed by atoms with van der Waals surface area (Å²) >= 11 is 0. The van der Waals surface area contributed by atoms with Crippen LogP contribution >= 0.6 is 0 Å². The Morgan fingerprint density at radius 1 is 1.14 bits per heavy atom. The number of imidazole rings is 1. The normalized spacial score (nSPS) is 15.8. The molecule has 1 amide bonds. The second kappa shape index (κ2) is 9.02. The van der Waals surface area contributed by atoms with Crippen LogP contribution in [0.15, 0.2) is 43.0 Å². The molecule has 0 unspecified atom stereocenters. The number of aromatic nitrogens is 4. The molecule has 4 heterocycles. The number of ether oxygens (including phenoxy) is 1. The highest BCUT2D eigenvalue weighted by Gasteiger charge is 2.37. The first-order chi connectivity index (χ1) is 17.5. The Morgan fingerprint density at radius 3 is 2.54 bits per heavy atom. The first-order valence-electron chi connectivity index (χ1n) is 12.1. The number of aryl methyl sites for hydroxylation is 1. The molecule has 0 saturated carbocycles. The van der Waals surface area contributed by atoms with Gasteiger partial charge in [0, 0.05) is 56.4 Å². The smallest absolute Gasteiger partial charge is 0.262 e. The molecule has 1 aliphatic rings. The minimum absolute atomic E-state index is 0.123. The van der Waals surface area contributed by atoms with Crippen LogP contribution in [-0.4, -0.2) is 38.3 Å². The van der Waals surface area contributed by atoms with Crippen LogP contribution in [0.25, 0.3) is 16.8 Å². The molecule has 1 aromatic carbocycles. The molecular weight excluding hydrogens is 483 g/mol. The van der Waals surface area contributed by atoms with Crippen molar-refractivity contribution in [2.24, 2.45) is 0 Å². The Balaban J connectivity index is 1.54. The van der Waals surface area contributed by atoms with E-state index in [-0.39, 0.29) is 24.1 Å². The lowest BCUT2D eigenvalue weighted by atomic mass is 9.87. The predicted molar refractivity (Wildman–Crippen MR) is 133 cm³/mol. The van der Waals surface area contributed by atoms with Gasteiger partial charge in [-0.15, -0.1) is 5.10 Å². The van der Waals surface area contributed by atoms with E-state index in [1.807, 2.05) is 20.8 Å². The second-order valence-electron chi connectivity index (χ2n) is 10.4. The summed E-state index contributed by atoms with van der Waals surface area (Å²) < 4.78 is 53.9. The largest absolute Gasteiger partial charge is 0.381 e. The van der Waals surface area contributed by atoms with Gasteiger partial charge in [-0.25, -0.2) is 13.8 Å². The first kappa shape index (κ1) is 25.0. The molecule has 1 aliphatic heterocycles. The summed E-state index contributed by atoms with van der Waals surface area (Å²) in [5.41, 5.74) is 0.183. The molecule has 1 fully saturated rings. The highest BCUT2D eigenvalue weighted by atomic mass is 19.1. The van der Waals surface area contributed by atoms with Gasteiger partial charge in [0.05, 0.1) is 11.2 Å². The van der Waals surface area contributed by atoms with Crippen LogP contribution in [0.5, 0.6) is 0 Å². The lowest BCUT2D eigenvalue weighted by Gasteiger charge is -2.30. The third-order valence-electron chi connectivity index (χ3n) is 6.73. The van der Waals surface area contributed by atoms with Crippen molar-refractivity contribution in [1.29, 1.82) is 0 Å². The average molecular weight is 512 g/mol. The summed E-state index contributed by atoms with van der Waals surface area (Å²) in [6.07, 6.45) is 6.81. The van der Waals surface area contributed by atoms with Crippen molar-refractivity contribution in [3.8, 4) is 11.1 Å². The molecule has 0 aliphatic carbocycles. The summed E-state index contributed by atoms with van der Waals surface area (Å²) in [7, 11) is 0. The number of alkyl halides is 1. The molecule has 1 N–H and O–H groups in total. The van der Waals surface area contributed by atoms with Gasteiger partial charge >= 0.3 is 0 Å². The fourth-order valence-electron chi connectivity index (χ4n) is 4.59. The Morgan fingerprint density at radius 2 is 1.86 bits per heavy atom. The first-order valence-corrected chi connectivity index (χ1v) is 12.1. The van der Waals surface area contributed by atoms with Crippen molar-refractivity contribution in [2.75, 3.05) is 18.5 Å². The van der Waals surface area contributed by atoms with E-state index in [1.165, 1.54) is 23.0 Å². The van der Waals surface area contributed by atoms with Crippen molar-refractivity contribution in [1.82, 2.24) is 19.2 Å². The highest BCUT2D eigenvalue weighted by Crippen LogP contribution is 2.40. The lowest BCUT2D eigenvalue weighted by Crippen LogP contribution is -2.30. The maximum Gasteiger partial charge on any atom is 0.262 e. The number of fused-ring (bicyclic) bond motifs is 1. The van der Waals surface area contributed by atoms with Gasteiger partial charge < -0.3 is 14.5 Å². The zero-order valence-electron chi connectivity index (χ0n) is 21.1. The quantitative estimate of drug-likeness (QED) is 0.378. The number of hydrogen-bond donors (Lipinski definition) is 1. The summed E-state index contributed by atoms with van der Waals surface area (Å²) in [6, 6.07) is 4.50. The summed E-state index contributed by atoms with van der Waals surface area (Å²) in [5, 5.41) is 6.24. The van der Waals surface area contributed by atoms with Crippen LogP contribution in [0.2, 0.25) is 0 Å². The molecule has 1 saturated heterocycles. The third kappa shape index (κ3) is 4.61. The van der Waals surface area contributed by atoms with Crippen LogP contribution in [-0.2, 0) is 15.9 Å². The number of nitrogens with one attached hydrogen (secondary N) is 1. The van der Waals surface area contributed by atoms with E-state index in [2.05, 4.69) is 15.4 Å². The number of hydrogen-bond acceptors (Lipinski definition) is 4. The molecule has 0 spiro atoms.